The van der Waals surface area contributed by atoms with Gasteiger partial charge in [-0.1, -0.05) is 12.1 Å². The third kappa shape index (κ3) is 2.88. The van der Waals surface area contributed by atoms with Gasteiger partial charge in [0.15, 0.2) is 0 Å². The van der Waals surface area contributed by atoms with Gasteiger partial charge in [-0.05, 0) is 24.6 Å². The van der Waals surface area contributed by atoms with Crippen molar-refractivity contribution in [1.29, 1.82) is 0 Å². The van der Waals surface area contributed by atoms with Crippen LogP contribution in [-0.2, 0) is 6.42 Å². The lowest BCUT2D eigenvalue weighted by Gasteiger charge is -2.06. The van der Waals surface area contributed by atoms with Crippen LogP contribution >= 0.6 is 0 Å². The maximum atomic E-state index is 10.9. The maximum absolute atomic E-state index is 10.9. The number of aromatic nitrogens is 2. The number of nitrogens with zero attached hydrogens (tertiary/aromatic N) is 1. The number of aromatic amines is 1. The van der Waals surface area contributed by atoms with E-state index in [0.29, 0.717) is 18.8 Å². The molecular weight excluding hydrogens is 230 g/mol. The van der Waals surface area contributed by atoms with Gasteiger partial charge in [0, 0.05) is 18.2 Å². The van der Waals surface area contributed by atoms with Crippen molar-refractivity contribution in [2.45, 2.75) is 13.3 Å². The lowest BCUT2D eigenvalue weighted by molar-refractivity contribution is 0.340. The Morgan fingerprint density at radius 3 is 2.67 bits per heavy atom. The zero-order valence-corrected chi connectivity index (χ0v) is 10.1. The molecular formula is C13H15N3O2. The van der Waals surface area contributed by atoms with Crippen molar-refractivity contribution < 1.29 is 4.74 Å². The molecule has 0 fully saturated rings. The quantitative estimate of drug-likeness (QED) is 0.851. The highest BCUT2D eigenvalue weighted by molar-refractivity contribution is 5.41. The highest BCUT2D eigenvalue weighted by Crippen LogP contribution is 2.16. The minimum Gasteiger partial charge on any atom is -0.494 e. The normalized spacial score (nSPS) is 10.3. The predicted octanol–water partition coefficient (Wildman–Crippen LogP) is 1.34. The molecule has 0 aliphatic heterocycles. The first-order valence-electron chi connectivity index (χ1n) is 5.74. The van der Waals surface area contributed by atoms with Gasteiger partial charge < -0.3 is 10.5 Å². The average Bonchev–Trinajstić information content (AvgIpc) is 2.35. The van der Waals surface area contributed by atoms with E-state index in [-0.39, 0.29) is 0 Å². The largest absolute Gasteiger partial charge is 0.494 e. The van der Waals surface area contributed by atoms with Crippen molar-refractivity contribution >= 4 is 5.82 Å². The summed E-state index contributed by atoms with van der Waals surface area (Å²) in [6.07, 6.45) is 2.13. The second-order valence-electron chi connectivity index (χ2n) is 3.88. The molecule has 0 bridgehead atoms. The van der Waals surface area contributed by atoms with Crippen molar-refractivity contribution in [3.63, 3.8) is 0 Å². The van der Waals surface area contributed by atoms with Gasteiger partial charge in [-0.25, -0.2) is 9.78 Å². The molecule has 0 aliphatic rings. The van der Waals surface area contributed by atoms with Crippen molar-refractivity contribution in [2.75, 3.05) is 12.3 Å². The molecule has 0 saturated heterocycles. The summed E-state index contributed by atoms with van der Waals surface area (Å²) in [5.74, 6) is 1.21. The van der Waals surface area contributed by atoms with Gasteiger partial charge in [0.05, 0.1) is 6.61 Å². The monoisotopic (exact) mass is 245 g/mol. The molecule has 2 rings (SSSR count). The Kier molecular flexibility index (Phi) is 3.62. The van der Waals surface area contributed by atoms with Crippen LogP contribution in [0.5, 0.6) is 5.75 Å². The SMILES string of the molecule is CCOc1ccc(Cc2cnc(=O)[nH]c2N)cc1. The van der Waals surface area contributed by atoms with E-state index in [2.05, 4.69) is 9.97 Å². The van der Waals surface area contributed by atoms with Gasteiger partial charge in [-0.2, -0.15) is 0 Å². The molecule has 1 aromatic heterocycles. The Labute approximate surface area is 105 Å². The number of H-pyrrole nitrogens is 1. The number of benzene rings is 1. The van der Waals surface area contributed by atoms with Crippen LogP contribution < -0.4 is 16.2 Å². The molecule has 5 heteroatoms. The second-order valence-corrected chi connectivity index (χ2v) is 3.88. The molecule has 0 amide bonds. The Bertz CT molecular complexity index is 576. The highest BCUT2D eigenvalue weighted by Gasteiger charge is 2.03. The lowest BCUT2D eigenvalue weighted by atomic mass is 10.1. The number of hydrogen-bond donors (Lipinski definition) is 2. The van der Waals surface area contributed by atoms with E-state index < -0.39 is 5.69 Å². The van der Waals surface area contributed by atoms with E-state index in [4.69, 9.17) is 10.5 Å². The van der Waals surface area contributed by atoms with Crippen LogP contribution in [0.15, 0.2) is 35.3 Å². The standard InChI is InChI=1S/C13H15N3O2/c1-2-18-11-5-3-9(4-6-11)7-10-8-15-13(17)16-12(10)14/h3-6,8H,2,7H2,1H3,(H3,14,15,16,17). The van der Waals surface area contributed by atoms with Crippen LogP contribution in [0.1, 0.15) is 18.1 Å². The van der Waals surface area contributed by atoms with E-state index in [1.54, 1.807) is 0 Å². The van der Waals surface area contributed by atoms with Gasteiger partial charge in [-0.15, -0.1) is 0 Å². The zero-order valence-electron chi connectivity index (χ0n) is 10.1. The zero-order chi connectivity index (χ0) is 13.0. The first-order chi connectivity index (χ1) is 8.69. The summed E-state index contributed by atoms with van der Waals surface area (Å²) in [5, 5.41) is 0. The molecule has 5 nitrogen and oxygen atoms in total. The number of nitrogens with two attached hydrogens (primary N) is 1. The Hall–Kier alpha value is -2.30. The molecule has 0 unspecified atom stereocenters. The topological polar surface area (TPSA) is 81.0 Å². The van der Waals surface area contributed by atoms with Crippen LogP contribution in [0.3, 0.4) is 0 Å². The second kappa shape index (κ2) is 5.35. The van der Waals surface area contributed by atoms with Crippen LogP contribution in [0.4, 0.5) is 5.82 Å². The lowest BCUT2D eigenvalue weighted by Crippen LogP contribution is -2.14. The molecule has 94 valence electrons. The number of ether oxygens (including phenoxy) is 1. The van der Waals surface area contributed by atoms with Gasteiger partial charge in [0.2, 0.25) is 0 Å². The maximum Gasteiger partial charge on any atom is 0.346 e. The van der Waals surface area contributed by atoms with E-state index in [1.807, 2.05) is 31.2 Å². The Balaban J connectivity index is 2.15. The van der Waals surface area contributed by atoms with Crippen molar-refractivity contribution in [1.82, 2.24) is 9.97 Å². The number of nitrogens with one attached hydrogen (secondary N) is 1. The van der Waals surface area contributed by atoms with Gasteiger partial charge in [-0.3, -0.25) is 4.98 Å². The number of hydrogen-bond acceptors (Lipinski definition) is 4. The summed E-state index contributed by atoms with van der Waals surface area (Å²) in [7, 11) is 0. The molecule has 18 heavy (non-hydrogen) atoms. The third-order valence-corrected chi connectivity index (χ3v) is 2.55. The Morgan fingerprint density at radius 1 is 1.33 bits per heavy atom. The molecule has 0 saturated carbocycles. The minimum absolute atomic E-state index is 0.365. The molecule has 2 aromatic rings. The number of rotatable bonds is 4. The Morgan fingerprint density at radius 2 is 2.06 bits per heavy atom. The van der Waals surface area contributed by atoms with Crippen LogP contribution in [0, 0.1) is 0 Å². The fourth-order valence-electron chi connectivity index (χ4n) is 1.66. The van der Waals surface area contributed by atoms with E-state index in [1.165, 1.54) is 6.20 Å². The summed E-state index contributed by atoms with van der Waals surface area (Å²) in [5.41, 5.74) is 7.19. The summed E-state index contributed by atoms with van der Waals surface area (Å²) in [6.45, 7) is 2.59. The van der Waals surface area contributed by atoms with Gasteiger partial charge in [0.1, 0.15) is 11.6 Å². The van der Waals surface area contributed by atoms with E-state index in [0.717, 1.165) is 16.9 Å². The average molecular weight is 245 g/mol. The van der Waals surface area contributed by atoms with Gasteiger partial charge in [0.25, 0.3) is 0 Å². The first kappa shape index (κ1) is 12.2. The molecule has 0 atom stereocenters. The fraction of sp³-hybridized carbons (Fsp3) is 0.231. The fourth-order valence-corrected chi connectivity index (χ4v) is 1.66. The van der Waals surface area contributed by atoms with Crippen molar-refractivity contribution in [2.24, 2.45) is 0 Å². The predicted molar refractivity (Wildman–Crippen MR) is 69.7 cm³/mol. The highest BCUT2D eigenvalue weighted by atomic mass is 16.5. The van der Waals surface area contributed by atoms with Crippen LogP contribution in [0.25, 0.3) is 0 Å². The van der Waals surface area contributed by atoms with E-state index in [9.17, 15) is 4.79 Å². The van der Waals surface area contributed by atoms with Crippen LogP contribution in [-0.4, -0.2) is 16.6 Å². The summed E-state index contributed by atoms with van der Waals surface area (Å²) < 4.78 is 5.37. The first-order valence-corrected chi connectivity index (χ1v) is 5.74. The molecule has 0 spiro atoms. The molecule has 0 radical (unpaired) electrons. The van der Waals surface area contributed by atoms with Crippen molar-refractivity contribution in [3.8, 4) is 5.75 Å². The number of anilines is 1. The van der Waals surface area contributed by atoms with Gasteiger partial charge >= 0.3 is 5.69 Å². The molecule has 0 aliphatic carbocycles. The summed E-state index contributed by atoms with van der Waals surface area (Å²) in [6, 6.07) is 7.76. The molecule has 1 heterocycles. The summed E-state index contributed by atoms with van der Waals surface area (Å²) >= 11 is 0. The molecule has 1 aromatic carbocycles. The molecule has 3 N–H and O–H groups in total. The van der Waals surface area contributed by atoms with E-state index >= 15 is 0 Å². The van der Waals surface area contributed by atoms with Crippen LogP contribution in [0.2, 0.25) is 0 Å². The van der Waals surface area contributed by atoms with Crippen molar-refractivity contribution in [3.05, 3.63) is 52.1 Å². The smallest absolute Gasteiger partial charge is 0.346 e. The minimum atomic E-state index is -0.428. The third-order valence-electron chi connectivity index (χ3n) is 2.55. The number of nitrogen functional groups attached to an aromatic ring is 1. The summed E-state index contributed by atoms with van der Waals surface area (Å²) in [4.78, 5) is 17.1.